The zero-order valence-corrected chi connectivity index (χ0v) is 11.2. The van der Waals surface area contributed by atoms with Gasteiger partial charge in [-0.3, -0.25) is 0 Å². The van der Waals surface area contributed by atoms with Gasteiger partial charge in [-0.1, -0.05) is 11.6 Å². The molecule has 0 bridgehead atoms. The van der Waals surface area contributed by atoms with E-state index in [-0.39, 0.29) is 0 Å². The van der Waals surface area contributed by atoms with Crippen LogP contribution in [0, 0.1) is 0 Å². The largest absolute Gasteiger partial charge is 0.439 e. The number of nitrogen functional groups attached to an aromatic ring is 1. The third-order valence-corrected chi connectivity index (χ3v) is 3.60. The van der Waals surface area contributed by atoms with E-state index in [0.29, 0.717) is 22.3 Å². The third-order valence-electron chi connectivity index (χ3n) is 3.27. The van der Waals surface area contributed by atoms with E-state index in [2.05, 4.69) is 9.97 Å². The minimum atomic E-state index is 0.487. The fraction of sp³-hybridized carbons (Fsp3) is 0.286. The smallest absolute Gasteiger partial charge is 0.225 e. The van der Waals surface area contributed by atoms with Crippen LogP contribution in [0.5, 0.6) is 11.6 Å². The summed E-state index contributed by atoms with van der Waals surface area (Å²) in [5.74, 6) is 1.27. The average molecular weight is 276 g/mol. The molecule has 0 amide bonds. The molecule has 0 aliphatic heterocycles. The molecule has 0 saturated heterocycles. The van der Waals surface area contributed by atoms with Crippen molar-refractivity contribution in [1.29, 1.82) is 0 Å². The Labute approximate surface area is 116 Å². The quantitative estimate of drug-likeness (QED) is 0.854. The summed E-state index contributed by atoms with van der Waals surface area (Å²) in [6.45, 7) is 0. The van der Waals surface area contributed by atoms with Crippen molar-refractivity contribution < 1.29 is 4.74 Å². The predicted octanol–water partition coefficient (Wildman–Crippen LogP) is 3.38. The van der Waals surface area contributed by atoms with Crippen LogP contribution < -0.4 is 10.5 Å². The van der Waals surface area contributed by atoms with E-state index in [1.807, 2.05) is 0 Å². The van der Waals surface area contributed by atoms with Gasteiger partial charge in [-0.15, -0.1) is 0 Å². The Morgan fingerprint density at radius 2 is 2.00 bits per heavy atom. The first-order chi connectivity index (χ1) is 9.24. The fourth-order valence-electron chi connectivity index (χ4n) is 2.26. The van der Waals surface area contributed by atoms with Gasteiger partial charge in [-0.05, 0) is 37.8 Å². The Morgan fingerprint density at radius 3 is 2.84 bits per heavy atom. The monoisotopic (exact) mass is 275 g/mol. The number of nitrogens with two attached hydrogens (primary N) is 1. The standard InChI is InChI=1S/C14H14ClN3O/c15-11-7-9(5-6-12(11)16)19-14-10-3-1-2-4-13(10)17-8-18-14/h5-8H,1-4,16H2. The fourth-order valence-corrected chi connectivity index (χ4v) is 2.43. The SMILES string of the molecule is Nc1ccc(Oc2ncnc3c2CCCC3)cc1Cl. The Kier molecular flexibility index (Phi) is 3.25. The van der Waals surface area contributed by atoms with E-state index >= 15 is 0 Å². The van der Waals surface area contributed by atoms with E-state index in [4.69, 9.17) is 22.1 Å². The number of rotatable bonds is 2. The summed E-state index contributed by atoms with van der Waals surface area (Å²) in [7, 11) is 0. The van der Waals surface area contributed by atoms with Crippen LogP contribution >= 0.6 is 11.6 Å². The van der Waals surface area contributed by atoms with Gasteiger partial charge in [-0.25, -0.2) is 9.97 Å². The summed E-state index contributed by atoms with van der Waals surface area (Å²) < 4.78 is 5.82. The van der Waals surface area contributed by atoms with Crippen LogP contribution in [0.3, 0.4) is 0 Å². The molecule has 1 aliphatic rings. The van der Waals surface area contributed by atoms with Crippen LogP contribution in [-0.2, 0) is 12.8 Å². The Hall–Kier alpha value is -1.81. The Morgan fingerprint density at radius 1 is 1.16 bits per heavy atom. The van der Waals surface area contributed by atoms with E-state index in [0.717, 1.165) is 30.5 Å². The summed E-state index contributed by atoms with van der Waals surface area (Å²) in [4.78, 5) is 8.55. The average Bonchev–Trinajstić information content (AvgIpc) is 2.43. The molecule has 1 heterocycles. The van der Waals surface area contributed by atoms with Crippen LogP contribution in [0.4, 0.5) is 5.69 Å². The summed E-state index contributed by atoms with van der Waals surface area (Å²) in [6, 6.07) is 5.22. The topological polar surface area (TPSA) is 61.0 Å². The normalized spacial score (nSPS) is 13.9. The first kappa shape index (κ1) is 12.2. The molecular weight excluding hydrogens is 262 g/mol. The summed E-state index contributed by atoms with van der Waals surface area (Å²) in [6.07, 6.45) is 5.85. The van der Waals surface area contributed by atoms with Gasteiger partial charge in [0, 0.05) is 11.6 Å². The maximum absolute atomic E-state index is 5.99. The predicted molar refractivity (Wildman–Crippen MR) is 74.6 cm³/mol. The number of halogens is 1. The van der Waals surface area contributed by atoms with Crippen LogP contribution in [0.25, 0.3) is 0 Å². The summed E-state index contributed by atoms with van der Waals surface area (Å²) >= 11 is 5.99. The second kappa shape index (κ2) is 5.05. The lowest BCUT2D eigenvalue weighted by Gasteiger charge is -2.17. The minimum absolute atomic E-state index is 0.487. The summed E-state index contributed by atoms with van der Waals surface area (Å²) in [5.41, 5.74) is 8.43. The number of hydrogen-bond donors (Lipinski definition) is 1. The number of aryl methyl sites for hydroxylation is 1. The van der Waals surface area contributed by atoms with Gasteiger partial charge in [0.15, 0.2) is 0 Å². The van der Waals surface area contributed by atoms with Crippen molar-refractivity contribution in [3.8, 4) is 11.6 Å². The molecule has 1 aromatic heterocycles. The zero-order valence-electron chi connectivity index (χ0n) is 10.4. The third kappa shape index (κ3) is 2.49. The van der Waals surface area contributed by atoms with Crippen molar-refractivity contribution in [3.63, 3.8) is 0 Å². The zero-order chi connectivity index (χ0) is 13.2. The van der Waals surface area contributed by atoms with Gasteiger partial charge >= 0.3 is 0 Å². The number of anilines is 1. The van der Waals surface area contributed by atoms with E-state index < -0.39 is 0 Å². The second-order valence-corrected chi connectivity index (χ2v) is 5.00. The van der Waals surface area contributed by atoms with Crippen LogP contribution in [0.1, 0.15) is 24.1 Å². The van der Waals surface area contributed by atoms with Crippen molar-refractivity contribution >= 4 is 17.3 Å². The molecule has 1 aromatic carbocycles. The lowest BCUT2D eigenvalue weighted by molar-refractivity contribution is 0.447. The number of ether oxygens (including phenoxy) is 1. The van der Waals surface area contributed by atoms with Gasteiger partial charge < -0.3 is 10.5 Å². The molecule has 0 unspecified atom stereocenters. The molecule has 0 radical (unpaired) electrons. The lowest BCUT2D eigenvalue weighted by atomic mass is 9.97. The molecule has 2 aromatic rings. The number of fused-ring (bicyclic) bond motifs is 1. The molecule has 4 nitrogen and oxygen atoms in total. The molecule has 19 heavy (non-hydrogen) atoms. The molecule has 1 aliphatic carbocycles. The number of benzene rings is 1. The van der Waals surface area contributed by atoms with Gasteiger partial charge in [0.1, 0.15) is 12.1 Å². The Balaban J connectivity index is 1.92. The molecular formula is C14H14ClN3O. The van der Waals surface area contributed by atoms with Crippen molar-refractivity contribution in [2.24, 2.45) is 0 Å². The Bertz CT molecular complexity index is 616. The molecule has 5 heteroatoms. The first-order valence-corrected chi connectivity index (χ1v) is 6.67. The second-order valence-electron chi connectivity index (χ2n) is 4.60. The molecule has 2 N–H and O–H groups in total. The number of nitrogens with zero attached hydrogens (tertiary/aromatic N) is 2. The first-order valence-electron chi connectivity index (χ1n) is 6.29. The van der Waals surface area contributed by atoms with Gasteiger partial charge in [0.25, 0.3) is 0 Å². The highest BCUT2D eigenvalue weighted by Crippen LogP contribution is 2.31. The van der Waals surface area contributed by atoms with Crippen LogP contribution in [0.15, 0.2) is 24.5 Å². The maximum Gasteiger partial charge on any atom is 0.225 e. The van der Waals surface area contributed by atoms with Gasteiger partial charge in [0.2, 0.25) is 5.88 Å². The van der Waals surface area contributed by atoms with Gasteiger partial charge in [0.05, 0.1) is 16.4 Å². The van der Waals surface area contributed by atoms with Gasteiger partial charge in [-0.2, -0.15) is 0 Å². The van der Waals surface area contributed by atoms with Crippen molar-refractivity contribution in [1.82, 2.24) is 9.97 Å². The van der Waals surface area contributed by atoms with Crippen molar-refractivity contribution in [2.75, 3.05) is 5.73 Å². The highest BCUT2D eigenvalue weighted by atomic mass is 35.5. The van der Waals surface area contributed by atoms with Crippen molar-refractivity contribution in [2.45, 2.75) is 25.7 Å². The molecule has 98 valence electrons. The van der Waals surface area contributed by atoms with Crippen LogP contribution in [0.2, 0.25) is 5.02 Å². The molecule has 0 fully saturated rings. The summed E-state index contributed by atoms with van der Waals surface area (Å²) in [5, 5.41) is 0.487. The molecule has 0 atom stereocenters. The lowest BCUT2D eigenvalue weighted by Crippen LogP contribution is -2.08. The highest BCUT2D eigenvalue weighted by Gasteiger charge is 2.17. The maximum atomic E-state index is 5.99. The molecule has 0 spiro atoms. The molecule has 3 rings (SSSR count). The van der Waals surface area contributed by atoms with E-state index in [9.17, 15) is 0 Å². The minimum Gasteiger partial charge on any atom is -0.439 e. The number of hydrogen-bond acceptors (Lipinski definition) is 4. The van der Waals surface area contributed by atoms with Crippen molar-refractivity contribution in [3.05, 3.63) is 40.8 Å². The molecule has 0 saturated carbocycles. The number of aromatic nitrogens is 2. The van der Waals surface area contributed by atoms with E-state index in [1.165, 1.54) is 6.42 Å². The van der Waals surface area contributed by atoms with E-state index in [1.54, 1.807) is 24.5 Å². The highest BCUT2D eigenvalue weighted by molar-refractivity contribution is 6.33. The van der Waals surface area contributed by atoms with Crippen LogP contribution in [-0.4, -0.2) is 9.97 Å².